The van der Waals surface area contributed by atoms with Crippen molar-refractivity contribution in [2.45, 2.75) is 12.5 Å². The van der Waals surface area contributed by atoms with E-state index in [4.69, 9.17) is 10.5 Å². The quantitative estimate of drug-likeness (QED) is 0.923. The molecule has 0 bridgehead atoms. The Kier molecular flexibility index (Phi) is 4.37. The van der Waals surface area contributed by atoms with Crippen molar-refractivity contribution in [1.29, 1.82) is 0 Å². The molecule has 0 aliphatic heterocycles. The Balaban J connectivity index is 2.21. The Labute approximate surface area is 118 Å². The molecule has 1 atom stereocenters. The van der Waals surface area contributed by atoms with E-state index >= 15 is 0 Å². The van der Waals surface area contributed by atoms with Crippen LogP contribution in [-0.2, 0) is 6.42 Å². The number of ether oxygens (including phenoxy) is 1. The molecule has 0 saturated carbocycles. The second kappa shape index (κ2) is 5.82. The molecule has 2 nitrogen and oxygen atoms in total. The number of halogens is 2. The van der Waals surface area contributed by atoms with Crippen LogP contribution in [0.25, 0.3) is 0 Å². The van der Waals surface area contributed by atoms with Gasteiger partial charge < -0.3 is 10.5 Å². The molecule has 18 heavy (non-hydrogen) atoms. The number of thiophene rings is 1. The topological polar surface area (TPSA) is 35.2 Å². The van der Waals surface area contributed by atoms with Gasteiger partial charge in [0.15, 0.2) is 0 Å². The summed E-state index contributed by atoms with van der Waals surface area (Å²) < 4.78 is 19.1. The first-order valence-electron chi connectivity index (χ1n) is 5.43. The third kappa shape index (κ3) is 2.74. The highest BCUT2D eigenvalue weighted by Gasteiger charge is 2.16. The average molecular weight is 330 g/mol. The second-order valence-corrected chi connectivity index (χ2v) is 5.62. The first kappa shape index (κ1) is 13.5. The molecule has 0 fully saturated rings. The Morgan fingerprint density at radius 3 is 2.94 bits per heavy atom. The van der Waals surface area contributed by atoms with Gasteiger partial charge in [-0.05, 0) is 45.4 Å². The van der Waals surface area contributed by atoms with Crippen molar-refractivity contribution in [3.05, 3.63) is 50.4 Å². The number of nitrogens with two attached hydrogens (primary N) is 1. The molecule has 0 aliphatic carbocycles. The molecule has 1 aromatic heterocycles. The van der Waals surface area contributed by atoms with E-state index in [2.05, 4.69) is 15.9 Å². The van der Waals surface area contributed by atoms with Gasteiger partial charge in [-0.2, -0.15) is 0 Å². The van der Waals surface area contributed by atoms with Crippen molar-refractivity contribution in [2.75, 3.05) is 7.11 Å². The Morgan fingerprint density at radius 1 is 1.44 bits per heavy atom. The molecule has 1 unspecified atom stereocenters. The normalized spacial score (nSPS) is 12.4. The molecule has 1 aromatic carbocycles. The molecule has 0 radical (unpaired) electrons. The van der Waals surface area contributed by atoms with E-state index < -0.39 is 0 Å². The van der Waals surface area contributed by atoms with E-state index in [0.29, 0.717) is 10.9 Å². The Hall–Kier alpha value is -0.910. The number of hydrogen-bond acceptors (Lipinski definition) is 3. The van der Waals surface area contributed by atoms with Crippen LogP contribution in [0.3, 0.4) is 0 Å². The fourth-order valence-corrected chi connectivity index (χ4v) is 3.07. The monoisotopic (exact) mass is 329 g/mol. The van der Waals surface area contributed by atoms with Gasteiger partial charge in [-0.25, -0.2) is 4.39 Å². The van der Waals surface area contributed by atoms with E-state index in [9.17, 15) is 4.39 Å². The zero-order chi connectivity index (χ0) is 13.1. The molecule has 0 aliphatic rings. The maximum atomic E-state index is 13.4. The third-order valence-electron chi connectivity index (χ3n) is 2.69. The van der Waals surface area contributed by atoms with Gasteiger partial charge in [-0.1, -0.05) is 12.1 Å². The van der Waals surface area contributed by atoms with Crippen LogP contribution in [0.2, 0.25) is 0 Å². The van der Waals surface area contributed by atoms with Gasteiger partial charge in [0, 0.05) is 6.04 Å². The number of benzene rings is 1. The van der Waals surface area contributed by atoms with Crippen molar-refractivity contribution in [3.8, 4) is 5.75 Å². The standard InChI is InChI=1S/C13H13BrFNOS/c1-17-11-5-6-18-13(11)10(16)7-8-3-2-4-9(15)12(8)14/h2-6,10H,7,16H2,1H3. The van der Waals surface area contributed by atoms with E-state index in [1.807, 2.05) is 17.5 Å². The number of methoxy groups -OCH3 is 1. The average Bonchev–Trinajstić information content (AvgIpc) is 2.83. The first-order valence-corrected chi connectivity index (χ1v) is 7.10. The van der Waals surface area contributed by atoms with Crippen LogP contribution in [0.5, 0.6) is 5.75 Å². The van der Waals surface area contributed by atoms with Crippen LogP contribution in [0.15, 0.2) is 34.1 Å². The maximum Gasteiger partial charge on any atom is 0.137 e. The predicted octanol–water partition coefficient (Wildman–Crippen LogP) is 3.90. The zero-order valence-corrected chi connectivity index (χ0v) is 12.2. The molecule has 5 heteroatoms. The minimum atomic E-state index is -0.266. The summed E-state index contributed by atoms with van der Waals surface area (Å²) in [6, 6.07) is 6.67. The first-order chi connectivity index (χ1) is 8.63. The second-order valence-electron chi connectivity index (χ2n) is 3.88. The SMILES string of the molecule is COc1ccsc1C(N)Cc1cccc(F)c1Br. The zero-order valence-electron chi connectivity index (χ0n) is 9.82. The lowest BCUT2D eigenvalue weighted by Gasteiger charge is -2.13. The summed E-state index contributed by atoms with van der Waals surface area (Å²) >= 11 is 4.80. The van der Waals surface area contributed by atoms with Crippen molar-refractivity contribution in [3.63, 3.8) is 0 Å². The molecule has 2 rings (SSSR count). The molecule has 0 amide bonds. The van der Waals surface area contributed by atoms with Crippen molar-refractivity contribution in [1.82, 2.24) is 0 Å². The summed E-state index contributed by atoms with van der Waals surface area (Å²) in [5.74, 6) is 0.526. The van der Waals surface area contributed by atoms with Gasteiger partial charge in [0.25, 0.3) is 0 Å². The summed E-state index contributed by atoms with van der Waals surface area (Å²) in [4.78, 5) is 0.980. The Morgan fingerprint density at radius 2 is 2.22 bits per heavy atom. The summed E-state index contributed by atoms with van der Waals surface area (Å²) in [6.45, 7) is 0. The highest BCUT2D eigenvalue weighted by atomic mass is 79.9. The van der Waals surface area contributed by atoms with E-state index in [1.54, 1.807) is 24.5 Å². The molecule has 2 N–H and O–H groups in total. The lowest BCUT2D eigenvalue weighted by atomic mass is 10.0. The number of rotatable bonds is 4. The van der Waals surface area contributed by atoms with Gasteiger partial charge >= 0.3 is 0 Å². The lowest BCUT2D eigenvalue weighted by Crippen LogP contribution is -2.13. The van der Waals surface area contributed by atoms with Crippen LogP contribution in [0.1, 0.15) is 16.5 Å². The summed E-state index contributed by atoms with van der Waals surface area (Å²) in [7, 11) is 1.62. The van der Waals surface area contributed by atoms with E-state index in [-0.39, 0.29) is 11.9 Å². The molecule has 96 valence electrons. The Bertz CT molecular complexity index is 544. The smallest absolute Gasteiger partial charge is 0.137 e. The summed E-state index contributed by atoms with van der Waals surface area (Å²) in [5.41, 5.74) is 7.01. The fraction of sp³-hybridized carbons (Fsp3) is 0.231. The van der Waals surface area contributed by atoms with Crippen molar-refractivity contribution >= 4 is 27.3 Å². The predicted molar refractivity (Wildman–Crippen MR) is 75.6 cm³/mol. The maximum absolute atomic E-state index is 13.4. The molecule has 2 aromatic rings. The number of hydrogen-bond donors (Lipinski definition) is 1. The van der Waals surface area contributed by atoms with Gasteiger partial charge in [0.05, 0.1) is 16.5 Å². The summed E-state index contributed by atoms with van der Waals surface area (Å²) in [6.07, 6.45) is 0.565. The molecular formula is C13H13BrFNOS. The van der Waals surface area contributed by atoms with Crippen molar-refractivity contribution < 1.29 is 9.13 Å². The van der Waals surface area contributed by atoms with Crippen LogP contribution in [0, 0.1) is 5.82 Å². The van der Waals surface area contributed by atoms with Gasteiger partial charge in [0.1, 0.15) is 11.6 Å². The third-order valence-corrected chi connectivity index (χ3v) is 4.60. The molecule has 0 spiro atoms. The van der Waals surface area contributed by atoms with E-state index in [0.717, 1.165) is 16.2 Å². The van der Waals surface area contributed by atoms with Crippen LogP contribution < -0.4 is 10.5 Å². The largest absolute Gasteiger partial charge is 0.496 e. The van der Waals surface area contributed by atoms with Crippen LogP contribution >= 0.6 is 27.3 Å². The highest BCUT2D eigenvalue weighted by Crippen LogP contribution is 2.33. The molecule has 1 heterocycles. The van der Waals surface area contributed by atoms with Gasteiger partial charge in [-0.15, -0.1) is 11.3 Å². The minimum absolute atomic E-state index is 0.196. The van der Waals surface area contributed by atoms with Gasteiger partial charge in [0.2, 0.25) is 0 Å². The minimum Gasteiger partial charge on any atom is -0.496 e. The van der Waals surface area contributed by atoms with E-state index in [1.165, 1.54) is 6.07 Å². The van der Waals surface area contributed by atoms with Crippen LogP contribution in [-0.4, -0.2) is 7.11 Å². The summed E-state index contributed by atoms with van der Waals surface area (Å²) in [5, 5.41) is 1.94. The highest BCUT2D eigenvalue weighted by molar-refractivity contribution is 9.10. The van der Waals surface area contributed by atoms with Crippen molar-refractivity contribution in [2.24, 2.45) is 5.73 Å². The fourth-order valence-electron chi connectivity index (χ4n) is 1.78. The van der Waals surface area contributed by atoms with Crippen LogP contribution in [0.4, 0.5) is 4.39 Å². The molecular weight excluding hydrogens is 317 g/mol. The molecule has 0 saturated heterocycles. The lowest BCUT2D eigenvalue weighted by molar-refractivity contribution is 0.409. The van der Waals surface area contributed by atoms with Gasteiger partial charge in [-0.3, -0.25) is 0 Å².